The number of ether oxygens (including phenoxy) is 2. The molecular formula is C12H19F2NO4. The number of alkyl halides is 2. The Morgan fingerprint density at radius 3 is 2.37 bits per heavy atom. The summed E-state index contributed by atoms with van der Waals surface area (Å²) in [5.41, 5.74) is -0.773. The van der Waals surface area contributed by atoms with Crippen molar-refractivity contribution in [2.45, 2.75) is 38.7 Å². The maximum Gasteiger partial charge on any atom is 0.410 e. The molecule has 0 saturated carbocycles. The van der Waals surface area contributed by atoms with Crippen LogP contribution in [0, 0.1) is 5.92 Å². The topological polar surface area (TPSA) is 55.8 Å². The molecule has 0 aromatic heterocycles. The second-order valence-electron chi connectivity index (χ2n) is 5.64. The minimum atomic E-state index is -3.12. The second kappa shape index (κ2) is 5.30. The maximum absolute atomic E-state index is 13.5. The lowest BCUT2D eigenvalue weighted by atomic mass is 9.95. The zero-order chi connectivity index (χ0) is 14.8. The van der Waals surface area contributed by atoms with Crippen LogP contribution in [0.15, 0.2) is 0 Å². The first-order valence-electron chi connectivity index (χ1n) is 5.98. The van der Waals surface area contributed by atoms with Gasteiger partial charge in [0.15, 0.2) is 0 Å². The number of methoxy groups -OCH3 is 1. The van der Waals surface area contributed by atoms with E-state index in [-0.39, 0.29) is 6.54 Å². The summed E-state index contributed by atoms with van der Waals surface area (Å²) in [6.07, 6.45) is -1.46. The Kier molecular flexibility index (Phi) is 4.37. The molecule has 1 aliphatic heterocycles. The second-order valence-corrected chi connectivity index (χ2v) is 5.64. The van der Waals surface area contributed by atoms with Crippen molar-refractivity contribution in [1.29, 1.82) is 0 Å². The lowest BCUT2D eigenvalue weighted by Crippen LogP contribution is -2.52. The van der Waals surface area contributed by atoms with Gasteiger partial charge in [-0.1, -0.05) is 0 Å². The minimum Gasteiger partial charge on any atom is -0.469 e. The molecule has 0 aromatic carbocycles. The van der Waals surface area contributed by atoms with Crippen LogP contribution in [0.5, 0.6) is 0 Å². The molecule has 1 aliphatic rings. The largest absolute Gasteiger partial charge is 0.469 e. The Morgan fingerprint density at radius 1 is 1.32 bits per heavy atom. The highest BCUT2D eigenvalue weighted by molar-refractivity contribution is 5.75. The Labute approximate surface area is 110 Å². The van der Waals surface area contributed by atoms with Crippen molar-refractivity contribution in [2.75, 3.05) is 20.2 Å². The highest BCUT2D eigenvalue weighted by Crippen LogP contribution is 2.31. The van der Waals surface area contributed by atoms with Crippen molar-refractivity contribution in [3.05, 3.63) is 0 Å². The normalized spacial score (nSPS) is 22.8. The monoisotopic (exact) mass is 279 g/mol. The van der Waals surface area contributed by atoms with Crippen LogP contribution in [0.1, 0.15) is 27.2 Å². The Balaban J connectivity index is 2.78. The summed E-state index contributed by atoms with van der Waals surface area (Å²) in [5, 5.41) is 0. The number of hydrogen-bond acceptors (Lipinski definition) is 4. The summed E-state index contributed by atoms with van der Waals surface area (Å²) in [6.45, 7) is 4.08. The van der Waals surface area contributed by atoms with Crippen LogP contribution in [-0.2, 0) is 14.3 Å². The molecule has 1 unspecified atom stereocenters. The molecule has 1 amide bonds. The quantitative estimate of drug-likeness (QED) is 0.689. The number of likely N-dealkylation sites (tertiary alicyclic amines) is 1. The van der Waals surface area contributed by atoms with E-state index >= 15 is 0 Å². The standard InChI is InChI=1S/C12H19F2NO4/c1-11(2,3)19-10(17)15-6-8(9(16)18-4)5-12(13,14)7-15/h8H,5-7H2,1-4H3. The average molecular weight is 279 g/mol. The predicted molar refractivity (Wildman–Crippen MR) is 62.9 cm³/mol. The molecular weight excluding hydrogens is 260 g/mol. The number of nitrogens with zero attached hydrogens (tertiary/aromatic N) is 1. The van der Waals surface area contributed by atoms with Crippen LogP contribution < -0.4 is 0 Å². The first-order chi connectivity index (χ1) is 8.54. The summed E-state index contributed by atoms with van der Waals surface area (Å²) in [5.74, 6) is -4.89. The number of carbonyl (C=O) groups excluding carboxylic acids is 2. The van der Waals surface area contributed by atoms with Crippen molar-refractivity contribution >= 4 is 12.1 Å². The van der Waals surface area contributed by atoms with E-state index in [1.54, 1.807) is 20.8 Å². The van der Waals surface area contributed by atoms with Gasteiger partial charge in [-0.05, 0) is 20.8 Å². The molecule has 0 spiro atoms. The van der Waals surface area contributed by atoms with Crippen molar-refractivity contribution in [2.24, 2.45) is 5.92 Å². The lowest BCUT2D eigenvalue weighted by molar-refractivity contribution is -0.155. The summed E-state index contributed by atoms with van der Waals surface area (Å²) in [4.78, 5) is 24.0. The molecule has 19 heavy (non-hydrogen) atoms. The Hall–Kier alpha value is -1.40. The van der Waals surface area contributed by atoms with Gasteiger partial charge in [-0.2, -0.15) is 0 Å². The van der Waals surface area contributed by atoms with Crippen LogP contribution in [0.25, 0.3) is 0 Å². The van der Waals surface area contributed by atoms with Gasteiger partial charge in [0.05, 0.1) is 19.6 Å². The highest BCUT2D eigenvalue weighted by Gasteiger charge is 2.45. The lowest BCUT2D eigenvalue weighted by Gasteiger charge is -2.37. The van der Waals surface area contributed by atoms with Gasteiger partial charge >= 0.3 is 12.1 Å². The first kappa shape index (κ1) is 15.7. The molecule has 0 radical (unpaired) electrons. The van der Waals surface area contributed by atoms with Crippen molar-refractivity contribution in [3.8, 4) is 0 Å². The van der Waals surface area contributed by atoms with Crippen LogP contribution in [-0.4, -0.2) is 48.7 Å². The number of amides is 1. The van der Waals surface area contributed by atoms with E-state index in [1.807, 2.05) is 0 Å². The number of esters is 1. The first-order valence-corrected chi connectivity index (χ1v) is 5.98. The van der Waals surface area contributed by atoms with E-state index < -0.39 is 42.5 Å². The number of hydrogen-bond donors (Lipinski definition) is 0. The molecule has 110 valence electrons. The van der Waals surface area contributed by atoms with Crippen molar-refractivity contribution in [1.82, 2.24) is 4.90 Å². The highest BCUT2D eigenvalue weighted by atomic mass is 19.3. The molecule has 1 rings (SSSR count). The van der Waals surface area contributed by atoms with E-state index in [9.17, 15) is 18.4 Å². The van der Waals surface area contributed by atoms with E-state index in [0.29, 0.717) is 0 Å². The molecule has 0 aromatic rings. The maximum atomic E-state index is 13.5. The average Bonchev–Trinajstić information content (AvgIpc) is 2.23. The number of piperidine rings is 1. The zero-order valence-electron chi connectivity index (χ0n) is 11.5. The van der Waals surface area contributed by atoms with E-state index in [0.717, 1.165) is 12.0 Å². The van der Waals surface area contributed by atoms with Gasteiger partial charge in [-0.3, -0.25) is 4.79 Å². The van der Waals surface area contributed by atoms with Crippen molar-refractivity contribution < 1.29 is 27.8 Å². The van der Waals surface area contributed by atoms with E-state index in [4.69, 9.17) is 4.74 Å². The smallest absolute Gasteiger partial charge is 0.410 e. The van der Waals surface area contributed by atoms with E-state index in [2.05, 4.69) is 4.74 Å². The summed E-state index contributed by atoms with van der Waals surface area (Å²) >= 11 is 0. The van der Waals surface area contributed by atoms with Gasteiger partial charge in [0, 0.05) is 13.0 Å². The predicted octanol–water partition coefficient (Wildman–Crippen LogP) is 2.05. The molecule has 1 atom stereocenters. The Morgan fingerprint density at radius 2 is 1.89 bits per heavy atom. The summed E-state index contributed by atoms with van der Waals surface area (Å²) in [7, 11) is 1.13. The fourth-order valence-corrected chi connectivity index (χ4v) is 1.89. The minimum absolute atomic E-state index is 0.114. The molecule has 7 heteroatoms. The van der Waals surface area contributed by atoms with Gasteiger partial charge in [0.2, 0.25) is 0 Å². The molecule has 1 fully saturated rings. The van der Waals surface area contributed by atoms with Crippen molar-refractivity contribution in [3.63, 3.8) is 0 Å². The molecule has 5 nitrogen and oxygen atoms in total. The van der Waals surface area contributed by atoms with Gasteiger partial charge in [-0.25, -0.2) is 13.6 Å². The molecule has 1 saturated heterocycles. The van der Waals surface area contributed by atoms with Gasteiger partial charge in [-0.15, -0.1) is 0 Å². The molecule has 0 bridgehead atoms. The van der Waals surface area contributed by atoms with Gasteiger partial charge in [0.25, 0.3) is 5.92 Å². The van der Waals surface area contributed by atoms with Crippen LogP contribution in [0.3, 0.4) is 0 Å². The van der Waals surface area contributed by atoms with Gasteiger partial charge in [0.1, 0.15) is 5.60 Å². The summed E-state index contributed by atoms with van der Waals surface area (Å²) < 4.78 is 36.6. The zero-order valence-corrected chi connectivity index (χ0v) is 11.5. The molecule has 1 heterocycles. The number of halogens is 2. The summed E-state index contributed by atoms with van der Waals surface area (Å²) in [6, 6.07) is 0. The Bertz CT molecular complexity index is 365. The third-order valence-electron chi connectivity index (χ3n) is 2.59. The third kappa shape index (κ3) is 4.65. The van der Waals surface area contributed by atoms with Crippen LogP contribution in [0.4, 0.5) is 13.6 Å². The number of carbonyl (C=O) groups is 2. The molecule has 0 N–H and O–H groups in total. The molecule has 0 aliphatic carbocycles. The van der Waals surface area contributed by atoms with E-state index in [1.165, 1.54) is 0 Å². The number of rotatable bonds is 1. The third-order valence-corrected chi connectivity index (χ3v) is 2.59. The SMILES string of the molecule is COC(=O)C1CN(C(=O)OC(C)(C)C)CC(F)(F)C1. The van der Waals surface area contributed by atoms with Crippen LogP contribution in [0.2, 0.25) is 0 Å². The van der Waals surface area contributed by atoms with Crippen LogP contribution >= 0.6 is 0 Å². The fraction of sp³-hybridized carbons (Fsp3) is 0.833. The van der Waals surface area contributed by atoms with Gasteiger partial charge < -0.3 is 14.4 Å². The fourth-order valence-electron chi connectivity index (χ4n) is 1.89.